The van der Waals surface area contributed by atoms with E-state index in [9.17, 15) is 4.79 Å². The average molecular weight is 192 g/mol. The van der Waals surface area contributed by atoms with Crippen LogP contribution < -0.4 is 10.5 Å². The summed E-state index contributed by atoms with van der Waals surface area (Å²) in [4.78, 5) is 15.1. The van der Waals surface area contributed by atoms with Gasteiger partial charge in [0.25, 0.3) is 5.91 Å². The summed E-state index contributed by atoms with van der Waals surface area (Å²) in [5.74, 6) is 0.353. The van der Waals surface area contributed by atoms with Gasteiger partial charge < -0.3 is 10.5 Å². The zero-order valence-corrected chi connectivity index (χ0v) is 8.15. The van der Waals surface area contributed by atoms with Gasteiger partial charge in [0.15, 0.2) is 0 Å². The minimum atomic E-state index is -0.387. The quantitative estimate of drug-likeness (QED) is 0.565. The summed E-state index contributed by atoms with van der Waals surface area (Å²) in [6, 6.07) is 6.88. The molecule has 14 heavy (non-hydrogen) atoms. The number of para-hydroxylation sites is 1. The maximum Gasteiger partial charge on any atom is 0.282 e. The Balaban J connectivity index is 3.06. The van der Waals surface area contributed by atoms with Crippen LogP contribution in [0.3, 0.4) is 0 Å². The molecule has 74 valence electrons. The second-order valence-electron chi connectivity index (χ2n) is 2.76. The zero-order chi connectivity index (χ0) is 10.6. The Morgan fingerprint density at radius 1 is 1.43 bits per heavy atom. The highest BCUT2D eigenvalue weighted by Crippen LogP contribution is 2.17. The molecule has 0 saturated heterocycles. The molecule has 4 heteroatoms. The van der Waals surface area contributed by atoms with Crippen molar-refractivity contribution in [1.82, 2.24) is 0 Å². The smallest absolute Gasteiger partial charge is 0.282 e. The van der Waals surface area contributed by atoms with Crippen LogP contribution in [0.1, 0.15) is 17.3 Å². The minimum absolute atomic E-state index is 0.237. The molecule has 0 aliphatic rings. The van der Waals surface area contributed by atoms with E-state index in [1.165, 1.54) is 7.11 Å². The number of nitrogens with zero attached hydrogens (tertiary/aromatic N) is 1. The van der Waals surface area contributed by atoms with Gasteiger partial charge >= 0.3 is 0 Å². The van der Waals surface area contributed by atoms with E-state index in [2.05, 4.69) is 4.99 Å². The van der Waals surface area contributed by atoms with Crippen LogP contribution in [0.15, 0.2) is 29.3 Å². The summed E-state index contributed by atoms with van der Waals surface area (Å²) in [5.41, 5.74) is 5.73. The Morgan fingerprint density at radius 2 is 2.07 bits per heavy atom. The Bertz CT molecular complexity index is 368. The first-order chi connectivity index (χ1) is 6.65. The van der Waals surface area contributed by atoms with Gasteiger partial charge in [-0.3, -0.25) is 4.79 Å². The first-order valence-corrected chi connectivity index (χ1v) is 4.13. The fourth-order valence-electron chi connectivity index (χ4n) is 1.04. The predicted octanol–water partition coefficient (Wildman–Crippen LogP) is 1.21. The van der Waals surface area contributed by atoms with E-state index in [0.29, 0.717) is 11.3 Å². The first kappa shape index (κ1) is 10.2. The molecule has 0 radical (unpaired) electrons. The zero-order valence-electron chi connectivity index (χ0n) is 8.15. The highest BCUT2D eigenvalue weighted by molar-refractivity contribution is 6.03. The monoisotopic (exact) mass is 192 g/mol. The number of amides is 1. The van der Waals surface area contributed by atoms with Crippen molar-refractivity contribution in [1.29, 1.82) is 0 Å². The number of hydrogen-bond donors (Lipinski definition) is 1. The fraction of sp³-hybridized carbons (Fsp3) is 0.200. The van der Waals surface area contributed by atoms with Crippen LogP contribution in [-0.4, -0.2) is 18.9 Å². The Hall–Kier alpha value is -1.84. The standard InChI is InChI=1S/C10H12N2O2/c1-7(11)12-10(13)8-5-3-4-6-9(8)14-2/h3-6H,1-2H3,(H2,11,12,13). The van der Waals surface area contributed by atoms with Gasteiger partial charge in [-0.2, -0.15) is 4.99 Å². The number of aliphatic imine (C=N–C) groups is 1. The third kappa shape index (κ3) is 2.32. The van der Waals surface area contributed by atoms with Gasteiger partial charge in [-0.15, -0.1) is 0 Å². The molecule has 1 amide bonds. The van der Waals surface area contributed by atoms with Crippen molar-refractivity contribution in [3.8, 4) is 5.75 Å². The molecule has 0 aliphatic carbocycles. The Kier molecular flexibility index (Phi) is 3.23. The molecule has 0 atom stereocenters. The molecule has 0 bridgehead atoms. The normalized spacial score (nSPS) is 11.1. The van der Waals surface area contributed by atoms with Crippen molar-refractivity contribution in [3.05, 3.63) is 29.8 Å². The molecule has 4 nitrogen and oxygen atoms in total. The van der Waals surface area contributed by atoms with Crippen LogP contribution in [0.25, 0.3) is 0 Å². The molecular formula is C10H12N2O2. The van der Waals surface area contributed by atoms with Gasteiger partial charge in [0.2, 0.25) is 0 Å². The number of carbonyl (C=O) groups excluding carboxylic acids is 1. The van der Waals surface area contributed by atoms with E-state index in [1.807, 2.05) is 0 Å². The number of carbonyl (C=O) groups is 1. The topological polar surface area (TPSA) is 64.7 Å². The van der Waals surface area contributed by atoms with Crippen LogP contribution in [-0.2, 0) is 0 Å². The van der Waals surface area contributed by atoms with E-state index in [0.717, 1.165) is 0 Å². The molecular weight excluding hydrogens is 180 g/mol. The highest BCUT2D eigenvalue weighted by Gasteiger charge is 2.09. The van der Waals surface area contributed by atoms with Crippen molar-refractivity contribution < 1.29 is 9.53 Å². The second-order valence-corrected chi connectivity index (χ2v) is 2.76. The number of benzene rings is 1. The average Bonchev–Trinajstić information content (AvgIpc) is 2.16. The summed E-state index contributed by atoms with van der Waals surface area (Å²) in [6.07, 6.45) is 0. The number of methoxy groups -OCH3 is 1. The Morgan fingerprint density at radius 3 is 2.64 bits per heavy atom. The summed E-state index contributed by atoms with van der Waals surface area (Å²) in [5, 5.41) is 0. The molecule has 0 saturated carbocycles. The molecule has 0 aliphatic heterocycles. The summed E-state index contributed by atoms with van der Waals surface area (Å²) in [7, 11) is 1.51. The van der Waals surface area contributed by atoms with E-state index in [-0.39, 0.29) is 11.7 Å². The van der Waals surface area contributed by atoms with Crippen LogP contribution in [0.2, 0.25) is 0 Å². The van der Waals surface area contributed by atoms with E-state index >= 15 is 0 Å². The minimum Gasteiger partial charge on any atom is -0.496 e. The van der Waals surface area contributed by atoms with Gasteiger partial charge in [-0.1, -0.05) is 12.1 Å². The van der Waals surface area contributed by atoms with Crippen molar-refractivity contribution >= 4 is 11.7 Å². The molecule has 0 heterocycles. The third-order valence-corrected chi connectivity index (χ3v) is 1.62. The molecule has 0 fully saturated rings. The largest absolute Gasteiger partial charge is 0.496 e. The molecule has 0 unspecified atom stereocenters. The lowest BCUT2D eigenvalue weighted by molar-refractivity contribution is 0.1000. The molecule has 0 aromatic heterocycles. The summed E-state index contributed by atoms with van der Waals surface area (Å²) < 4.78 is 5.02. The van der Waals surface area contributed by atoms with Gasteiger partial charge in [0, 0.05) is 0 Å². The van der Waals surface area contributed by atoms with E-state index in [1.54, 1.807) is 31.2 Å². The van der Waals surface area contributed by atoms with Crippen molar-refractivity contribution in [2.45, 2.75) is 6.92 Å². The third-order valence-electron chi connectivity index (χ3n) is 1.62. The number of hydrogen-bond acceptors (Lipinski definition) is 2. The number of amidine groups is 1. The maximum absolute atomic E-state index is 11.5. The van der Waals surface area contributed by atoms with Crippen LogP contribution >= 0.6 is 0 Å². The number of nitrogens with two attached hydrogens (primary N) is 1. The lowest BCUT2D eigenvalue weighted by Gasteiger charge is -2.03. The van der Waals surface area contributed by atoms with Crippen LogP contribution in [0.5, 0.6) is 5.75 Å². The summed E-state index contributed by atoms with van der Waals surface area (Å²) >= 11 is 0. The van der Waals surface area contributed by atoms with Gasteiger partial charge in [0.05, 0.1) is 12.7 Å². The van der Waals surface area contributed by atoms with Crippen molar-refractivity contribution in [2.75, 3.05) is 7.11 Å². The molecule has 1 aromatic rings. The second kappa shape index (κ2) is 4.41. The molecule has 1 aromatic carbocycles. The molecule has 2 N–H and O–H groups in total. The number of rotatable bonds is 2. The summed E-state index contributed by atoms with van der Waals surface area (Å²) in [6.45, 7) is 1.56. The fourth-order valence-corrected chi connectivity index (χ4v) is 1.04. The van der Waals surface area contributed by atoms with Crippen molar-refractivity contribution in [3.63, 3.8) is 0 Å². The SMILES string of the molecule is COc1ccccc1C(=O)N=C(C)N. The lowest BCUT2D eigenvalue weighted by Crippen LogP contribution is -2.09. The molecule has 1 rings (SSSR count). The number of ether oxygens (including phenoxy) is 1. The van der Waals surface area contributed by atoms with Crippen LogP contribution in [0.4, 0.5) is 0 Å². The van der Waals surface area contributed by atoms with E-state index in [4.69, 9.17) is 10.5 Å². The lowest BCUT2D eigenvalue weighted by atomic mass is 10.2. The first-order valence-electron chi connectivity index (χ1n) is 4.13. The molecule has 0 spiro atoms. The van der Waals surface area contributed by atoms with Crippen LogP contribution in [0, 0.1) is 0 Å². The van der Waals surface area contributed by atoms with Gasteiger partial charge in [-0.25, -0.2) is 0 Å². The highest BCUT2D eigenvalue weighted by atomic mass is 16.5. The van der Waals surface area contributed by atoms with Gasteiger partial charge in [-0.05, 0) is 19.1 Å². The van der Waals surface area contributed by atoms with Crippen molar-refractivity contribution in [2.24, 2.45) is 10.7 Å². The van der Waals surface area contributed by atoms with Gasteiger partial charge in [0.1, 0.15) is 11.6 Å². The maximum atomic E-state index is 11.5. The Labute approximate surface area is 82.4 Å². The predicted molar refractivity (Wildman–Crippen MR) is 54.6 cm³/mol. The van der Waals surface area contributed by atoms with E-state index < -0.39 is 0 Å².